The summed E-state index contributed by atoms with van der Waals surface area (Å²) in [4.78, 5) is 0. The molecule has 1 heteroatoms. The molecule has 0 amide bonds. The van der Waals surface area contributed by atoms with Crippen molar-refractivity contribution in [2.24, 2.45) is 5.41 Å². The van der Waals surface area contributed by atoms with E-state index in [2.05, 4.69) is 58.1 Å². The minimum absolute atomic E-state index is 0.228. The van der Waals surface area contributed by atoms with Crippen LogP contribution < -0.4 is 5.32 Å². The highest BCUT2D eigenvalue weighted by Gasteiger charge is 2.37. The molecule has 1 N–H and O–H groups in total. The fourth-order valence-corrected chi connectivity index (χ4v) is 2.89. The van der Waals surface area contributed by atoms with Gasteiger partial charge < -0.3 is 5.32 Å². The standard InChI is InChI=1S/C18H29N/c1-14-7-8-16(11-15(14)2)12-18(9-6-10-18)13-19-17(3,4)5/h7-8,11,19H,6,9-10,12-13H2,1-5H3. The zero-order valence-electron chi connectivity index (χ0n) is 13.3. The van der Waals surface area contributed by atoms with Crippen molar-refractivity contribution in [2.45, 2.75) is 65.8 Å². The third kappa shape index (κ3) is 3.82. The molecule has 1 fully saturated rings. The summed E-state index contributed by atoms with van der Waals surface area (Å²) in [7, 11) is 0. The van der Waals surface area contributed by atoms with E-state index < -0.39 is 0 Å². The normalized spacial score (nSPS) is 18.2. The molecule has 0 saturated heterocycles. The topological polar surface area (TPSA) is 12.0 Å². The molecule has 19 heavy (non-hydrogen) atoms. The SMILES string of the molecule is Cc1ccc(CC2(CNC(C)(C)C)CCC2)cc1C. The Hall–Kier alpha value is -0.820. The summed E-state index contributed by atoms with van der Waals surface area (Å²) in [6.07, 6.45) is 5.39. The third-order valence-electron chi connectivity index (χ3n) is 4.56. The molecule has 0 aromatic heterocycles. The first-order chi connectivity index (χ1) is 8.80. The van der Waals surface area contributed by atoms with E-state index in [1.807, 2.05) is 0 Å². The molecule has 0 bridgehead atoms. The van der Waals surface area contributed by atoms with Crippen LogP contribution in [0, 0.1) is 19.3 Å². The average molecular weight is 259 g/mol. The Morgan fingerprint density at radius 2 is 1.79 bits per heavy atom. The van der Waals surface area contributed by atoms with Crippen molar-refractivity contribution in [3.63, 3.8) is 0 Å². The largest absolute Gasteiger partial charge is 0.312 e. The highest BCUT2D eigenvalue weighted by molar-refractivity contribution is 5.30. The minimum atomic E-state index is 0.228. The molecular weight excluding hydrogens is 230 g/mol. The first-order valence-corrected chi connectivity index (χ1v) is 7.61. The summed E-state index contributed by atoms with van der Waals surface area (Å²) >= 11 is 0. The lowest BCUT2D eigenvalue weighted by atomic mass is 9.65. The number of nitrogens with one attached hydrogen (secondary N) is 1. The lowest BCUT2D eigenvalue weighted by Crippen LogP contribution is -2.47. The van der Waals surface area contributed by atoms with Crippen LogP contribution in [-0.2, 0) is 6.42 Å². The average Bonchev–Trinajstić information content (AvgIpc) is 2.25. The molecule has 2 rings (SSSR count). The Morgan fingerprint density at radius 3 is 2.26 bits per heavy atom. The molecule has 1 nitrogen and oxygen atoms in total. The maximum absolute atomic E-state index is 3.71. The molecule has 1 saturated carbocycles. The molecule has 0 aliphatic heterocycles. The van der Waals surface area contributed by atoms with Crippen LogP contribution in [0.3, 0.4) is 0 Å². The predicted molar refractivity (Wildman–Crippen MR) is 83.7 cm³/mol. The van der Waals surface area contributed by atoms with Crippen molar-refractivity contribution >= 4 is 0 Å². The van der Waals surface area contributed by atoms with Gasteiger partial charge in [-0.25, -0.2) is 0 Å². The Labute approximate surface area is 118 Å². The van der Waals surface area contributed by atoms with Gasteiger partial charge in [-0.2, -0.15) is 0 Å². The Kier molecular flexibility index (Phi) is 4.06. The minimum Gasteiger partial charge on any atom is -0.312 e. The van der Waals surface area contributed by atoms with Crippen molar-refractivity contribution in [3.05, 3.63) is 34.9 Å². The number of rotatable bonds is 4. The predicted octanol–water partition coefficient (Wildman–Crippen LogP) is 4.40. The Bertz CT molecular complexity index is 435. The quantitative estimate of drug-likeness (QED) is 0.845. The highest BCUT2D eigenvalue weighted by Crippen LogP contribution is 2.43. The Balaban J connectivity index is 2.03. The highest BCUT2D eigenvalue weighted by atomic mass is 15.0. The van der Waals surface area contributed by atoms with E-state index in [-0.39, 0.29) is 5.54 Å². The molecule has 1 aromatic rings. The van der Waals surface area contributed by atoms with Crippen LogP contribution in [0.5, 0.6) is 0 Å². The molecule has 0 radical (unpaired) electrons. The van der Waals surface area contributed by atoms with E-state index in [1.54, 1.807) is 0 Å². The smallest absolute Gasteiger partial charge is 0.00967 e. The van der Waals surface area contributed by atoms with Crippen LogP contribution >= 0.6 is 0 Å². The number of hydrogen-bond donors (Lipinski definition) is 1. The fraction of sp³-hybridized carbons (Fsp3) is 0.667. The van der Waals surface area contributed by atoms with E-state index in [0.717, 1.165) is 6.54 Å². The van der Waals surface area contributed by atoms with Crippen LogP contribution in [0.25, 0.3) is 0 Å². The second-order valence-corrected chi connectivity index (χ2v) is 7.55. The summed E-state index contributed by atoms with van der Waals surface area (Å²) in [5, 5.41) is 3.71. The van der Waals surface area contributed by atoms with Crippen molar-refractivity contribution in [2.75, 3.05) is 6.54 Å². The molecule has 1 aliphatic carbocycles. The van der Waals surface area contributed by atoms with E-state index in [9.17, 15) is 0 Å². The van der Waals surface area contributed by atoms with Gasteiger partial charge in [0.2, 0.25) is 0 Å². The summed E-state index contributed by atoms with van der Waals surface area (Å²) in [6, 6.07) is 6.97. The first kappa shape index (κ1) is 14.6. The van der Waals surface area contributed by atoms with Crippen LogP contribution in [0.2, 0.25) is 0 Å². The monoisotopic (exact) mass is 259 g/mol. The second kappa shape index (κ2) is 5.28. The van der Waals surface area contributed by atoms with E-state index in [0.29, 0.717) is 5.41 Å². The lowest BCUT2D eigenvalue weighted by molar-refractivity contribution is 0.118. The van der Waals surface area contributed by atoms with E-state index in [1.165, 1.54) is 42.4 Å². The number of hydrogen-bond acceptors (Lipinski definition) is 1. The van der Waals surface area contributed by atoms with Gasteiger partial charge in [-0.1, -0.05) is 24.6 Å². The van der Waals surface area contributed by atoms with Crippen LogP contribution in [-0.4, -0.2) is 12.1 Å². The van der Waals surface area contributed by atoms with Gasteiger partial charge in [-0.3, -0.25) is 0 Å². The van der Waals surface area contributed by atoms with Gasteiger partial charge in [-0.05, 0) is 76.0 Å². The molecule has 0 heterocycles. The summed E-state index contributed by atoms with van der Waals surface area (Å²) < 4.78 is 0. The molecular formula is C18H29N. The van der Waals surface area contributed by atoms with Gasteiger partial charge in [0.1, 0.15) is 0 Å². The van der Waals surface area contributed by atoms with E-state index in [4.69, 9.17) is 0 Å². The van der Waals surface area contributed by atoms with Crippen molar-refractivity contribution < 1.29 is 0 Å². The van der Waals surface area contributed by atoms with Gasteiger partial charge >= 0.3 is 0 Å². The second-order valence-electron chi connectivity index (χ2n) is 7.55. The van der Waals surface area contributed by atoms with Crippen molar-refractivity contribution in [1.82, 2.24) is 5.32 Å². The van der Waals surface area contributed by atoms with E-state index >= 15 is 0 Å². The summed E-state index contributed by atoms with van der Waals surface area (Å²) in [5.41, 5.74) is 5.08. The van der Waals surface area contributed by atoms with Gasteiger partial charge in [0.15, 0.2) is 0 Å². The molecule has 0 unspecified atom stereocenters. The van der Waals surface area contributed by atoms with Gasteiger partial charge in [0.05, 0.1) is 0 Å². The maximum atomic E-state index is 3.71. The molecule has 0 atom stereocenters. The first-order valence-electron chi connectivity index (χ1n) is 7.61. The van der Waals surface area contributed by atoms with Crippen molar-refractivity contribution in [1.29, 1.82) is 0 Å². The van der Waals surface area contributed by atoms with Gasteiger partial charge in [-0.15, -0.1) is 0 Å². The summed E-state index contributed by atoms with van der Waals surface area (Å²) in [5.74, 6) is 0. The zero-order valence-corrected chi connectivity index (χ0v) is 13.3. The fourth-order valence-electron chi connectivity index (χ4n) is 2.89. The molecule has 1 aromatic carbocycles. The zero-order chi connectivity index (χ0) is 14.1. The third-order valence-corrected chi connectivity index (χ3v) is 4.56. The Morgan fingerprint density at radius 1 is 1.11 bits per heavy atom. The van der Waals surface area contributed by atoms with Crippen LogP contribution in [0.15, 0.2) is 18.2 Å². The maximum Gasteiger partial charge on any atom is 0.00967 e. The summed E-state index contributed by atoms with van der Waals surface area (Å²) in [6.45, 7) is 12.3. The van der Waals surface area contributed by atoms with Gasteiger partial charge in [0.25, 0.3) is 0 Å². The lowest BCUT2D eigenvalue weighted by Gasteiger charge is -2.44. The van der Waals surface area contributed by atoms with Crippen LogP contribution in [0.4, 0.5) is 0 Å². The number of benzene rings is 1. The van der Waals surface area contributed by atoms with Gasteiger partial charge in [0, 0.05) is 12.1 Å². The van der Waals surface area contributed by atoms with Crippen molar-refractivity contribution in [3.8, 4) is 0 Å². The molecule has 1 aliphatic rings. The molecule has 106 valence electrons. The van der Waals surface area contributed by atoms with Crippen LogP contribution in [0.1, 0.15) is 56.7 Å². The number of aryl methyl sites for hydroxylation is 2. The molecule has 0 spiro atoms.